The zero-order valence-corrected chi connectivity index (χ0v) is 18.4. The van der Waals surface area contributed by atoms with Gasteiger partial charge in [-0.3, -0.25) is 4.99 Å². The van der Waals surface area contributed by atoms with Gasteiger partial charge in [-0.05, 0) is 46.8 Å². The Morgan fingerprint density at radius 2 is 1.89 bits per heavy atom. The number of nitrogens with zero attached hydrogens (tertiary/aromatic N) is 2. The van der Waals surface area contributed by atoms with Crippen molar-refractivity contribution in [3.63, 3.8) is 0 Å². The fourth-order valence-corrected chi connectivity index (χ4v) is 4.15. The number of likely N-dealkylation sites (N-methyl/N-ethyl adjacent to an activating group) is 1. The first kappa shape index (κ1) is 20.9. The number of hydrogen-bond acceptors (Lipinski definition) is 3. The molecule has 144 valence electrons. The Kier molecular flexibility index (Phi) is 6.84. The number of benzene rings is 2. The van der Waals surface area contributed by atoms with Gasteiger partial charge in [0, 0.05) is 29.7 Å². The van der Waals surface area contributed by atoms with Crippen LogP contribution in [0.4, 0.5) is 5.69 Å². The number of benzodiazepines with no additional fused rings is 1. The number of anilines is 1. The Hall–Kier alpha value is -1.78. The number of thiophene rings is 1. The van der Waals surface area contributed by atoms with Gasteiger partial charge in [-0.15, -0.1) is 23.7 Å². The Bertz CT molecular complexity index is 1030. The highest BCUT2D eigenvalue weighted by Gasteiger charge is 2.16. The predicted molar refractivity (Wildman–Crippen MR) is 127 cm³/mol. The first-order chi connectivity index (χ1) is 13.1. The van der Waals surface area contributed by atoms with Crippen LogP contribution in [-0.2, 0) is 0 Å². The SMILES string of the molecule is CN1CCN=C(C=Cc2ccc(Cl)c(Cl)c2)c2ccc(-c3cccs3)cc21.Cl. The lowest BCUT2D eigenvalue weighted by Crippen LogP contribution is -2.20. The number of fused-ring (bicyclic) bond motifs is 1. The molecule has 0 fully saturated rings. The van der Waals surface area contributed by atoms with E-state index in [9.17, 15) is 0 Å². The van der Waals surface area contributed by atoms with E-state index in [2.05, 4.69) is 53.7 Å². The van der Waals surface area contributed by atoms with Gasteiger partial charge in [0.05, 0.1) is 22.3 Å². The van der Waals surface area contributed by atoms with Crippen LogP contribution in [0.2, 0.25) is 10.0 Å². The summed E-state index contributed by atoms with van der Waals surface area (Å²) >= 11 is 13.9. The minimum Gasteiger partial charge on any atom is -0.372 e. The molecule has 0 unspecified atom stereocenters. The molecule has 0 aliphatic carbocycles. The van der Waals surface area contributed by atoms with Crippen LogP contribution in [0.25, 0.3) is 16.5 Å². The Morgan fingerprint density at radius 1 is 1.04 bits per heavy atom. The molecular weight excluding hydrogens is 431 g/mol. The van der Waals surface area contributed by atoms with E-state index in [1.54, 1.807) is 11.3 Å². The highest BCUT2D eigenvalue weighted by atomic mass is 35.5. The zero-order chi connectivity index (χ0) is 18.8. The molecule has 3 aromatic rings. The molecule has 28 heavy (non-hydrogen) atoms. The van der Waals surface area contributed by atoms with Crippen molar-refractivity contribution < 1.29 is 0 Å². The average molecular weight is 450 g/mol. The summed E-state index contributed by atoms with van der Waals surface area (Å²) in [7, 11) is 2.12. The molecule has 0 radical (unpaired) electrons. The zero-order valence-electron chi connectivity index (χ0n) is 15.2. The fourth-order valence-electron chi connectivity index (χ4n) is 3.12. The molecule has 0 amide bonds. The third-order valence-electron chi connectivity index (χ3n) is 4.59. The molecule has 1 aromatic heterocycles. The van der Waals surface area contributed by atoms with E-state index >= 15 is 0 Å². The summed E-state index contributed by atoms with van der Waals surface area (Å²) in [4.78, 5) is 8.35. The van der Waals surface area contributed by atoms with E-state index in [1.807, 2.05) is 24.3 Å². The van der Waals surface area contributed by atoms with Gasteiger partial charge in [0.15, 0.2) is 0 Å². The van der Waals surface area contributed by atoms with Crippen LogP contribution in [0.3, 0.4) is 0 Å². The summed E-state index contributed by atoms with van der Waals surface area (Å²) in [6, 6.07) is 16.5. The number of hydrogen-bond donors (Lipinski definition) is 0. The van der Waals surface area contributed by atoms with Gasteiger partial charge in [-0.25, -0.2) is 0 Å². The summed E-state index contributed by atoms with van der Waals surface area (Å²) in [5.41, 5.74) is 5.58. The van der Waals surface area contributed by atoms with Crippen LogP contribution in [0, 0.1) is 0 Å². The molecule has 6 heteroatoms. The standard InChI is InChI=1S/C22H18Cl2N2S.ClH/c1-26-11-10-25-20(9-5-15-4-8-18(23)19(24)13-15)17-7-6-16(14-21(17)26)22-3-2-12-27-22;/h2-9,12-14H,10-11H2,1H3;1H. The van der Waals surface area contributed by atoms with Crippen molar-refractivity contribution in [1.29, 1.82) is 0 Å². The molecule has 2 heterocycles. The van der Waals surface area contributed by atoms with Crippen LogP contribution >= 0.6 is 46.9 Å². The van der Waals surface area contributed by atoms with Crippen LogP contribution in [0.15, 0.2) is 65.0 Å². The van der Waals surface area contributed by atoms with E-state index in [0.29, 0.717) is 10.0 Å². The minimum absolute atomic E-state index is 0. The molecule has 0 atom stereocenters. The van der Waals surface area contributed by atoms with Crippen molar-refractivity contribution in [2.24, 2.45) is 4.99 Å². The van der Waals surface area contributed by atoms with Crippen molar-refractivity contribution in [1.82, 2.24) is 0 Å². The quantitative estimate of drug-likeness (QED) is 0.416. The third-order valence-corrected chi connectivity index (χ3v) is 6.24. The van der Waals surface area contributed by atoms with E-state index in [0.717, 1.165) is 29.9 Å². The molecule has 2 nitrogen and oxygen atoms in total. The summed E-state index contributed by atoms with van der Waals surface area (Å²) in [6.07, 6.45) is 4.09. The first-order valence-corrected chi connectivity index (χ1v) is 10.3. The maximum atomic E-state index is 6.13. The highest BCUT2D eigenvalue weighted by Crippen LogP contribution is 2.32. The van der Waals surface area contributed by atoms with Crippen molar-refractivity contribution in [3.8, 4) is 10.4 Å². The van der Waals surface area contributed by atoms with Crippen molar-refractivity contribution in [3.05, 3.63) is 81.2 Å². The second kappa shape index (κ2) is 9.15. The lowest BCUT2D eigenvalue weighted by atomic mass is 10.0. The van der Waals surface area contributed by atoms with Gasteiger partial charge in [0.25, 0.3) is 0 Å². The van der Waals surface area contributed by atoms with E-state index in [1.165, 1.54) is 16.1 Å². The maximum Gasteiger partial charge on any atom is 0.0668 e. The second-order valence-electron chi connectivity index (χ2n) is 6.40. The van der Waals surface area contributed by atoms with Gasteiger partial charge in [0.1, 0.15) is 0 Å². The van der Waals surface area contributed by atoms with Crippen molar-refractivity contribution >= 4 is 64.4 Å². The van der Waals surface area contributed by atoms with E-state index in [4.69, 9.17) is 28.2 Å². The number of halogens is 3. The van der Waals surface area contributed by atoms with Gasteiger partial charge < -0.3 is 4.90 Å². The molecule has 1 aliphatic rings. The van der Waals surface area contributed by atoms with E-state index in [-0.39, 0.29) is 12.4 Å². The molecule has 0 saturated carbocycles. The molecule has 0 spiro atoms. The largest absolute Gasteiger partial charge is 0.372 e. The Labute approximate surface area is 185 Å². The lowest BCUT2D eigenvalue weighted by molar-refractivity contribution is 0.897. The monoisotopic (exact) mass is 448 g/mol. The van der Waals surface area contributed by atoms with Crippen molar-refractivity contribution in [2.75, 3.05) is 25.0 Å². The van der Waals surface area contributed by atoms with Crippen LogP contribution < -0.4 is 4.90 Å². The number of aliphatic imine (C=N–C) groups is 1. The number of allylic oxidation sites excluding steroid dienone is 1. The molecule has 0 saturated heterocycles. The lowest BCUT2D eigenvalue weighted by Gasteiger charge is -2.20. The van der Waals surface area contributed by atoms with E-state index < -0.39 is 0 Å². The Balaban J connectivity index is 0.00000225. The predicted octanol–water partition coefficient (Wildman–Crippen LogP) is 7.10. The van der Waals surface area contributed by atoms with Gasteiger partial charge in [-0.2, -0.15) is 0 Å². The third kappa shape index (κ3) is 4.44. The summed E-state index contributed by atoms with van der Waals surface area (Å²) in [5, 5.41) is 3.23. The molecular formula is C22H19Cl3N2S. The average Bonchev–Trinajstić information content (AvgIpc) is 3.16. The fraction of sp³-hybridized carbons (Fsp3) is 0.136. The topological polar surface area (TPSA) is 15.6 Å². The second-order valence-corrected chi connectivity index (χ2v) is 8.17. The highest BCUT2D eigenvalue weighted by molar-refractivity contribution is 7.13. The summed E-state index contributed by atoms with van der Waals surface area (Å²) < 4.78 is 0. The van der Waals surface area contributed by atoms with Crippen LogP contribution in [-0.4, -0.2) is 25.8 Å². The van der Waals surface area contributed by atoms with Gasteiger partial charge in [-0.1, -0.05) is 53.5 Å². The smallest absolute Gasteiger partial charge is 0.0668 e. The normalized spacial score (nSPS) is 13.7. The summed E-state index contributed by atoms with van der Waals surface area (Å²) in [6.45, 7) is 1.66. The van der Waals surface area contributed by atoms with Gasteiger partial charge in [0.2, 0.25) is 0 Å². The van der Waals surface area contributed by atoms with Gasteiger partial charge >= 0.3 is 0 Å². The molecule has 0 N–H and O–H groups in total. The molecule has 4 rings (SSSR count). The Morgan fingerprint density at radius 3 is 2.64 bits per heavy atom. The number of rotatable bonds is 3. The van der Waals surface area contributed by atoms with Crippen LogP contribution in [0.1, 0.15) is 11.1 Å². The summed E-state index contributed by atoms with van der Waals surface area (Å²) in [5.74, 6) is 0. The van der Waals surface area contributed by atoms with Crippen molar-refractivity contribution in [2.45, 2.75) is 0 Å². The first-order valence-electron chi connectivity index (χ1n) is 8.69. The molecule has 2 aromatic carbocycles. The molecule has 1 aliphatic heterocycles. The minimum atomic E-state index is 0. The maximum absolute atomic E-state index is 6.13. The molecule has 0 bridgehead atoms. The van der Waals surface area contributed by atoms with Crippen LogP contribution in [0.5, 0.6) is 0 Å².